The summed E-state index contributed by atoms with van der Waals surface area (Å²) in [6, 6.07) is 4.05. The molecule has 0 saturated carbocycles. The normalized spacial score (nSPS) is 19.9. The van der Waals surface area contributed by atoms with Gasteiger partial charge in [-0.15, -0.1) is 0 Å². The monoisotopic (exact) mass is 277 g/mol. The maximum atomic E-state index is 12.4. The molecule has 0 radical (unpaired) electrons. The molecule has 0 spiro atoms. The van der Waals surface area contributed by atoms with E-state index in [2.05, 4.69) is 13.8 Å². The molecule has 1 heterocycles. The molecule has 4 nitrogen and oxygen atoms in total. The molecule has 2 rings (SSSR count). The summed E-state index contributed by atoms with van der Waals surface area (Å²) in [5.41, 5.74) is 0.352. The van der Waals surface area contributed by atoms with Gasteiger partial charge in [0.2, 0.25) is 0 Å². The summed E-state index contributed by atoms with van der Waals surface area (Å²) in [6.07, 6.45) is 3.19. The number of hydrogen-bond acceptors (Lipinski definition) is 3. The summed E-state index contributed by atoms with van der Waals surface area (Å²) in [7, 11) is 0. The van der Waals surface area contributed by atoms with E-state index in [-0.39, 0.29) is 17.4 Å². The van der Waals surface area contributed by atoms with E-state index in [1.807, 2.05) is 4.90 Å². The molecule has 1 fully saturated rings. The molecule has 2 N–H and O–H groups in total. The molecule has 110 valence electrons. The van der Waals surface area contributed by atoms with Gasteiger partial charge in [-0.25, -0.2) is 0 Å². The van der Waals surface area contributed by atoms with Crippen molar-refractivity contribution in [1.82, 2.24) is 4.90 Å². The van der Waals surface area contributed by atoms with Crippen molar-refractivity contribution in [2.24, 2.45) is 11.8 Å². The van der Waals surface area contributed by atoms with Gasteiger partial charge in [0.15, 0.2) is 0 Å². The second kappa shape index (κ2) is 6.16. The van der Waals surface area contributed by atoms with Crippen molar-refractivity contribution in [3.05, 3.63) is 23.8 Å². The zero-order chi connectivity index (χ0) is 14.7. The highest BCUT2D eigenvalue weighted by atomic mass is 16.3. The topological polar surface area (TPSA) is 60.8 Å². The van der Waals surface area contributed by atoms with Gasteiger partial charge in [-0.2, -0.15) is 0 Å². The first-order valence-electron chi connectivity index (χ1n) is 7.29. The Balaban J connectivity index is 2.09. The van der Waals surface area contributed by atoms with Crippen molar-refractivity contribution >= 4 is 5.91 Å². The molecule has 1 aromatic carbocycles. The first kappa shape index (κ1) is 14.7. The van der Waals surface area contributed by atoms with Crippen LogP contribution in [0.5, 0.6) is 11.5 Å². The molecule has 1 unspecified atom stereocenters. The Kier molecular flexibility index (Phi) is 4.53. The van der Waals surface area contributed by atoms with Crippen LogP contribution in [0.3, 0.4) is 0 Å². The highest BCUT2D eigenvalue weighted by Crippen LogP contribution is 2.26. The van der Waals surface area contributed by atoms with E-state index in [1.165, 1.54) is 18.2 Å². The van der Waals surface area contributed by atoms with Crippen molar-refractivity contribution in [2.45, 2.75) is 33.1 Å². The van der Waals surface area contributed by atoms with E-state index >= 15 is 0 Å². The number of aromatic hydroxyl groups is 2. The van der Waals surface area contributed by atoms with Crippen molar-refractivity contribution in [3.8, 4) is 11.5 Å². The maximum absolute atomic E-state index is 12.4. The van der Waals surface area contributed by atoms with Crippen LogP contribution in [0.25, 0.3) is 0 Å². The van der Waals surface area contributed by atoms with Crippen molar-refractivity contribution in [1.29, 1.82) is 0 Å². The van der Waals surface area contributed by atoms with Crippen LogP contribution < -0.4 is 0 Å². The average Bonchev–Trinajstić information content (AvgIpc) is 2.62. The fourth-order valence-electron chi connectivity index (χ4n) is 2.89. The van der Waals surface area contributed by atoms with Gasteiger partial charge in [0, 0.05) is 24.7 Å². The minimum absolute atomic E-state index is 0.0803. The Labute approximate surface area is 120 Å². The Bertz CT molecular complexity index is 464. The molecule has 20 heavy (non-hydrogen) atoms. The zero-order valence-corrected chi connectivity index (χ0v) is 12.2. The smallest absolute Gasteiger partial charge is 0.254 e. The summed E-state index contributed by atoms with van der Waals surface area (Å²) < 4.78 is 0. The van der Waals surface area contributed by atoms with Gasteiger partial charge in [0.05, 0.1) is 0 Å². The van der Waals surface area contributed by atoms with Crippen LogP contribution in [0, 0.1) is 11.8 Å². The van der Waals surface area contributed by atoms with Gasteiger partial charge in [0.1, 0.15) is 11.5 Å². The highest BCUT2D eigenvalue weighted by molar-refractivity contribution is 5.95. The predicted octanol–water partition coefficient (Wildman–Crippen LogP) is 3.00. The van der Waals surface area contributed by atoms with Crippen LogP contribution in [0.4, 0.5) is 0 Å². The first-order chi connectivity index (χ1) is 9.47. The van der Waals surface area contributed by atoms with E-state index in [4.69, 9.17) is 0 Å². The number of hydrogen-bond donors (Lipinski definition) is 2. The molecule has 1 aliphatic heterocycles. The summed E-state index contributed by atoms with van der Waals surface area (Å²) in [5.74, 6) is 1.05. The van der Waals surface area contributed by atoms with Crippen LogP contribution in [0.2, 0.25) is 0 Å². The standard InChI is InChI=1S/C16H23NO3/c1-11(2)12-4-3-6-17(7-5-12)16(20)13-8-14(18)10-15(19)9-13/h8-12,18-19H,3-7H2,1-2H3. The third kappa shape index (κ3) is 3.44. The molecule has 1 aromatic rings. The van der Waals surface area contributed by atoms with E-state index in [9.17, 15) is 15.0 Å². The summed E-state index contributed by atoms with van der Waals surface area (Å²) in [4.78, 5) is 14.3. The fraction of sp³-hybridized carbons (Fsp3) is 0.562. The second-order valence-electron chi connectivity index (χ2n) is 5.97. The van der Waals surface area contributed by atoms with Gasteiger partial charge in [-0.05, 0) is 43.2 Å². The summed E-state index contributed by atoms with van der Waals surface area (Å²) in [6.45, 7) is 5.96. The number of carbonyl (C=O) groups is 1. The van der Waals surface area contributed by atoms with Crippen LogP contribution in [-0.2, 0) is 0 Å². The number of amides is 1. The Morgan fingerprint density at radius 1 is 1.15 bits per heavy atom. The minimum atomic E-state index is -0.111. The van der Waals surface area contributed by atoms with E-state index in [0.717, 1.165) is 32.4 Å². The first-order valence-corrected chi connectivity index (χ1v) is 7.29. The highest BCUT2D eigenvalue weighted by Gasteiger charge is 2.23. The van der Waals surface area contributed by atoms with E-state index in [1.54, 1.807) is 0 Å². The number of benzene rings is 1. The van der Waals surface area contributed by atoms with E-state index in [0.29, 0.717) is 17.4 Å². The minimum Gasteiger partial charge on any atom is -0.508 e. The Hall–Kier alpha value is -1.71. The third-order valence-corrected chi connectivity index (χ3v) is 4.15. The van der Waals surface area contributed by atoms with Gasteiger partial charge < -0.3 is 15.1 Å². The fourth-order valence-corrected chi connectivity index (χ4v) is 2.89. The SMILES string of the molecule is CC(C)C1CCCN(C(=O)c2cc(O)cc(O)c2)CC1. The van der Waals surface area contributed by atoms with Gasteiger partial charge in [-0.1, -0.05) is 13.8 Å². The number of phenols is 2. The number of rotatable bonds is 2. The molecule has 1 aliphatic rings. The van der Waals surface area contributed by atoms with Gasteiger partial charge >= 0.3 is 0 Å². The molecule has 0 aromatic heterocycles. The zero-order valence-electron chi connectivity index (χ0n) is 12.2. The molecule has 0 aliphatic carbocycles. The molecular weight excluding hydrogens is 254 g/mol. The lowest BCUT2D eigenvalue weighted by Gasteiger charge is -2.21. The van der Waals surface area contributed by atoms with Gasteiger partial charge in [0.25, 0.3) is 5.91 Å². The van der Waals surface area contributed by atoms with Gasteiger partial charge in [-0.3, -0.25) is 4.79 Å². The lowest BCUT2D eigenvalue weighted by molar-refractivity contribution is 0.0758. The lowest BCUT2D eigenvalue weighted by atomic mass is 9.89. The molecule has 1 saturated heterocycles. The van der Waals surface area contributed by atoms with Crippen LogP contribution in [-0.4, -0.2) is 34.1 Å². The van der Waals surface area contributed by atoms with Crippen molar-refractivity contribution in [3.63, 3.8) is 0 Å². The van der Waals surface area contributed by atoms with Crippen LogP contribution in [0.1, 0.15) is 43.5 Å². The van der Waals surface area contributed by atoms with E-state index < -0.39 is 0 Å². The van der Waals surface area contributed by atoms with Crippen LogP contribution >= 0.6 is 0 Å². The summed E-state index contributed by atoms with van der Waals surface area (Å²) in [5, 5.41) is 19.0. The molecule has 4 heteroatoms. The molecule has 1 amide bonds. The third-order valence-electron chi connectivity index (χ3n) is 4.15. The number of carbonyl (C=O) groups excluding carboxylic acids is 1. The largest absolute Gasteiger partial charge is 0.508 e. The molecule has 1 atom stereocenters. The Morgan fingerprint density at radius 2 is 1.80 bits per heavy atom. The average molecular weight is 277 g/mol. The lowest BCUT2D eigenvalue weighted by Crippen LogP contribution is -2.32. The maximum Gasteiger partial charge on any atom is 0.254 e. The predicted molar refractivity (Wildman–Crippen MR) is 77.9 cm³/mol. The second-order valence-corrected chi connectivity index (χ2v) is 5.97. The number of phenolic OH excluding ortho intramolecular Hbond substituents is 2. The number of nitrogens with zero attached hydrogens (tertiary/aromatic N) is 1. The van der Waals surface area contributed by atoms with Crippen molar-refractivity contribution < 1.29 is 15.0 Å². The molecular formula is C16H23NO3. The molecule has 0 bridgehead atoms. The quantitative estimate of drug-likeness (QED) is 0.873. The number of likely N-dealkylation sites (tertiary alicyclic amines) is 1. The van der Waals surface area contributed by atoms with Crippen LogP contribution in [0.15, 0.2) is 18.2 Å². The Morgan fingerprint density at radius 3 is 2.40 bits per heavy atom. The van der Waals surface area contributed by atoms with Crippen molar-refractivity contribution in [2.75, 3.05) is 13.1 Å². The summed E-state index contributed by atoms with van der Waals surface area (Å²) >= 11 is 0.